The van der Waals surface area contributed by atoms with Crippen LogP contribution in [0.2, 0.25) is 0 Å². The van der Waals surface area contributed by atoms with Crippen molar-refractivity contribution in [1.29, 1.82) is 0 Å². The van der Waals surface area contributed by atoms with Crippen molar-refractivity contribution in [3.8, 4) is 0 Å². The number of carbonyl (C=O) groups excluding carboxylic acids is 1. The van der Waals surface area contributed by atoms with Gasteiger partial charge in [-0.05, 0) is 18.2 Å². The summed E-state index contributed by atoms with van der Waals surface area (Å²) in [6.07, 6.45) is -0.508. The SMILES string of the molecule is O=C1CC(O)CN1c1nc2ccc(Br)cc2o1. The Morgan fingerprint density at radius 3 is 3.06 bits per heavy atom. The molecule has 3 rings (SSSR count). The number of halogens is 1. The maximum Gasteiger partial charge on any atom is 0.305 e. The lowest BCUT2D eigenvalue weighted by atomic mass is 10.3. The van der Waals surface area contributed by atoms with E-state index in [-0.39, 0.29) is 24.9 Å². The van der Waals surface area contributed by atoms with Crippen LogP contribution in [0.1, 0.15) is 6.42 Å². The van der Waals surface area contributed by atoms with Gasteiger partial charge in [0.2, 0.25) is 5.91 Å². The monoisotopic (exact) mass is 296 g/mol. The van der Waals surface area contributed by atoms with E-state index in [2.05, 4.69) is 20.9 Å². The number of nitrogens with zero attached hydrogens (tertiary/aromatic N) is 2. The molecule has 5 nitrogen and oxygen atoms in total. The van der Waals surface area contributed by atoms with E-state index in [9.17, 15) is 9.90 Å². The van der Waals surface area contributed by atoms with Crippen molar-refractivity contribution in [3.63, 3.8) is 0 Å². The smallest absolute Gasteiger partial charge is 0.305 e. The second kappa shape index (κ2) is 3.82. The van der Waals surface area contributed by atoms with Gasteiger partial charge in [-0.3, -0.25) is 9.69 Å². The zero-order valence-corrected chi connectivity index (χ0v) is 10.3. The summed E-state index contributed by atoms with van der Waals surface area (Å²) in [7, 11) is 0. The summed E-state index contributed by atoms with van der Waals surface area (Å²) in [6.45, 7) is 0.243. The molecule has 1 aliphatic rings. The van der Waals surface area contributed by atoms with E-state index < -0.39 is 6.10 Å². The predicted molar refractivity (Wildman–Crippen MR) is 64.7 cm³/mol. The van der Waals surface area contributed by atoms with Gasteiger partial charge in [-0.1, -0.05) is 15.9 Å². The van der Waals surface area contributed by atoms with Crippen LogP contribution in [0.15, 0.2) is 27.1 Å². The highest BCUT2D eigenvalue weighted by atomic mass is 79.9. The average molecular weight is 297 g/mol. The fourth-order valence-electron chi connectivity index (χ4n) is 1.88. The molecule has 2 aromatic rings. The number of aromatic nitrogens is 1. The molecule has 1 amide bonds. The lowest BCUT2D eigenvalue weighted by Crippen LogP contribution is -2.25. The molecule has 0 spiro atoms. The Bertz CT molecular complexity index is 595. The highest BCUT2D eigenvalue weighted by Crippen LogP contribution is 2.27. The van der Waals surface area contributed by atoms with Crippen molar-refractivity contribution in [2.45, 2.75) is 12.5 Å². The molecule has 1 aromatic heterocycles. The number of rotatable bonds is 1. The normalized spacial score (nSPS) is 20.5. The molecule has 0 aliphatic carbocycles. The van der Waals surface area contributed by atoms with E-state index in [4.69, 9.17) is 4.42 Å². The predicted octanol–water partition coefficient (Wildman–Crippen LogP) is 1.69. The summed E-state index contributed by atoms with van der Waals surface area (Å²) < 4.78 is 6.39. The topological polar surface area (TPSA) is 66.6 Å². The number of oxazole rings is 1. The van der Waals surface area contributed by atoms with E-state index >= 15 is 0 Å². The Kier molecular flexibility index (Phi) is 2.41. The molecule has 2 heterocycles. The first-order valence-electron chi connectivity index (χ1n) is 5.18. The number of β-amino-alcohol motifs (C(OH)–C–C–N with tert-alkyl or cyclic N) is 1. The van der Waals surface area contributed by atoms with Gasteiger partial charge in [0.1, 0.15) is 5.52 Å². The lowest BCUT2D eigenvalue weighted by Gasteiger charge is -2.08. The molecule has 17 heavy (non-hydrogen) atoms. The van der Waals surface area contributed by atoms with Gasteiger partial charge in [0.25, 0.3) is 0 Å². The Morgan fingerprint density at radius 1 is 1.53 bits per heavy atom. The third-order valence-electron chi connectivity index (χ3n) is 2.67. The molecule has 1 unspecified atom stereocenters. The zero-order chi connectivity index (χ0) is 12.0. The van der Waals surface area contributed by atoms with Crippen molar-refractivity contribution in [3.05, 3.63) is 22.7 Å². The summed E-state index contributed by atoms with van der Waals surface area (Å²) in [5.41, 5.74) is 1.31. The molecule has 1 N–H and O–H groups in total. The summed E-state index contributed by atoms with van der Waals surface area (Å²) in [5.74, 6) is -0.164. The summed E-state index contributed by atoms with van der Waals surface area (Å²) in [6, 6.07) is 5.71. The van der Waals surface area contributed by atoms with Gasteiger partial charge in [0.05, 0.1) is 19.1 Å². The van der Waals surface area contributed by atoms with Crippen molar-refractivity contribution >= 4 is 39.0 Å². The van der Waals surface area contributed by atoms with Crippen molar-refractivity contribution < 1.29 is 14.3 Å². The number of carbonyl (C=O) groups is 1. The van der Waals surface area contributed by atoms with Gasteiger partial charge in [0, 0.05) is 4.47 Å². The average Bonchev–Trinajstić information content (AvgIpc) is 2.80. The van der Waals surface area contributed by atoms with Crippen molar-refractivity contribution in [1.82, 2.24) is 4.98 Å². The number of hydrogen-bond donors (Lipinski definition) is 1. The fourth-order valence-corrected chi connectivity index (χ4v) is 2.22. The van der Waals surface area contributed by atoms with Crippen LogP contribution in [0.5, 0.6) is 0 Å². The standard InChI is InChI=1S/C11H9BrN2O3/c12-6-1-2-8-9(3-6)17-11(13-8)14-5-7(15)4-10(14)16/h1-3,7,15H,4-5H2. The molecule has 6 heteroatoms. The van der Waals surface area contributed by atoms with E-state index in [1.165, 1.54) is 4.90 Å². The molecule has 0 bridgehead atoms. The Labute approximate surface area is 105 Å². The number of hydrogen-bond acceptors (Lipinski definition) is 4. The second-order valence-electron chi connectivity index (χ2n) is 3.97. The van der Waals surface area contributed by atoms with Crippen molar-refractivity contribution in [2.24, 2.45) is 0 Å². The van der Waals surface area contributed by atoms with Crippen LogP contribution in [-0.4, -0.2) is 28.6 Å². The first-order chi connectivity index (χ1) is 8.13. The molecule has 1 fully saturated rings. The molecule has 0 radical (unpaired) electrons. The van der Waals surface area contributed by atoms with Gasteiger partial charge in [-0.15, -0.1) is 0 Å². The number of aliphatic hydroxyl groups is 1. The van der Waals surface area contributed by atoms with Crippen LogP contribution in [0.3, 0.4) is 0 Å². The van der Waals surface area contributed by atoms with E-state index in [0.717, 1.165) is 4.47 Å². The van der Waals surface area contributed by atoms with E-state index in [1.807, 2.05) is 12.1 Å². The molecule has 1 aliphatic heterocycles. The molecule has 1 saturated heterocycles. The van der Waals surface area contributed by atoms with Crippen LogP contribution in [0.4, 0.5) is 6.01 Å². The molecular formula is C11H9BrN2O3. The summed E-state index contributed by atoms with van der Waals surface area (Å²) >= 11 is 3.34. The van der Waals surface area contributed by atoms with Crippen molar-refractivity contribution in [2.75, 3.05) is 11.4 Å². The number of anilines is 1. The first-order valence-corrected chi connectivity index (χ1v) is 5.97. The molecule has 88 valence electrons. The number of aliphatic hydroxyl groups excluding tert-OH is 1. The number of amides is 1. The zero-order valence-electron chi connectivity index (χ0n) is 8.76. The summed E-state index contributed by atoms with van der Waals surface area (Å²) in [5, 5.41) is 9.41. The maximum absolute atomic E-state index is 11.6. The third-order valence-corrected chi connectivity index (χ3v) is 3.17. The van der Waals surface area contributed by atoms with Gasteiger partial charge in [-0.2, -0.15) is 4.98 Å². The van der Waals surface area contributed by atoms with E-state index in [0.29, 0.717) is 11.1 Å². The molecule has 1 aromatic carbocycles. The number of fused-ring (bicyclic) bond motifs is 1. The van der Waals surface area contributed by atoms with Crippen LogP contribution >= 0.6 is 15.9 Å². The summed E-state index contributed by atoms with van der Waals surface area (Å²) in [4.78, 5) is 17.2. The molecular weight excluding hydrogens is 288 g/mol. The van der Waals surface area contributed by atoms with Crippen LogP contribution < -0.4 is 4.90 Å². The van der Waals surface area contributed by atoms with Gasteiger partial charge < -0.3 is 9.52 Å². The highest BCUT2D eigenvalue weighted by Gasteiger charge is 2.32. The minimum atomic E-state index is -0.635. The van der Waals surface area contributed by atoms with Gasteiger partial charge >= 0.3 is 6.01 Å². The van der Waals surface area contributed by atoms with Gasteiger partial charge in [-0.25, -0.2) is 0 Å². The number of benzene rings is 1. The second-order valence-corrected chi connectivity index (χ2v) is 4.89. The Morgan fingerprint density at radius 2 is 2.35 bits per heavy atom. The van der Waals surface area contributed by atoms with Gasteiger partial charge in [0.15, 0.2) is 5.58 Å². The molecule has 1 atom stereocenters. The third kappa shape index (κ3) is 1.83. The first kappa shape index (κ1) is 10.7. The Balaban J connectivity index is 2.03. The van der Waals surface area contributed by atoms with Crippen LogP contribution in [0, 0.1) is 0 Å². The van der Waals surface area contributed by atoms with E-state index in [1.54, 1.807) is 6.07 Å². The fraction of sp³-hybridized carbons (Fsp3) is 0.273. The molecule has 0 saturated carbocycles. The van der Waals surface area contributed by atoms with Crippen LogP contribution in [-0.2, 0) is 4.79 Å². The highest BCUT2D eigenvalue weighted by molar-refractivity contribution is 9.10. The lowest BCUT2D eigenvalue weighted by molar-refractivity contribution is -0.117. The Hall–Kier alpha value is -1.40. The largest absolute Gasteiger partial charge is 0.423 e. The van der Waals surface area contributed by atoms with Crippen LogP contribution in [0.25, 0.3) is 11.1 Å². The maximum atomic E-state index is 11.6. The quantitative estimate of drug-likeness (QED) is 0.870. The minimum Gasteiger partial charge on any atom is -0.423 e. The minimum absolute atomic E-state index is 0.127.